The minimum absolute atomic E-state index is 0. The summed E-state index contributed by atoms with van der Waals surface area (Å²) < 4.78 is 38.5. The number of fused-ring (bicyclic) bond motifs is 1. The molecule has 0 saturated carbocycles. The summed E-state index contributed by atoms with van der Waals surface area (Å²) >= 11 is 0. The van der Waals surface area contributed by atoms with Crippen LogP contribution >= 0.6 is 24.0 Å². The highest BCUT2D eigenvalue weighted by molar-refractivity contribution is 14.0. The Labute approximate surface area is 193 Å². The molecule has 2 aromatic rings. The smallest absolute Gasteiger partial charge is 0.191 e. The molecule has 0 spiro atoms. The number of aryl methyl sites for hydroxylation is 1. The fraction of sp³-hybridized carbons (Fsp3) is 0.409. The molecule has 0 radical (unpaired) electrons. The van der Waals surface area contributed by atoms with E-state index in [1.165, 1.54) is 18.2 Å². The fourth-order valence-corrected chi connectivity index (χ4v) is 3.22. The molecule has 0 fully saturated rings. The molecule has 8 heteroatoms. The molecule has 0 amide bonds. The van der Waals surface area contributed by atoms with E-state index < -0.39 is 0 Å². The topological polar surface area (TPSA) is 54.9 Å². The van der Waals surface area contributed by atoms with Crippen molar-refractivity contribution in [2.45, 2.75) is 39.8 Å². The predicted octanol–water partition coefficient (Wildman–Crippen LogP) is 4.62. The van der Waals surface area contributed by atoms with Gasteiger partial charge in [0.2, 0.25) is 0 Å². The van der Waals surface area contributed by atoms with Crippen LogP contribution in [-0.2, 0) is 17.8 Å². The second-order valence-corrected chi connectivity index (χ2v) is 7.05. The number of nitrogens with one attached hydrogen (secondary N) is 2. The third kappa shape index (κ3) is 6.28. The highest BCUT2D eigenvalue weighted by Gasteiger charge is 2.17. The molecule has 30 heavy (non-hydrogen) atoms. The molecule has 0 bridgehead atoms. The molecule has 3 rings (SSSR count). The first-order valence-corrected chi connectivity index (χ1v) is 9.80. The molecule has 0 aromatic heterocycles. The largest absolute Gasteiger partial charge is 0.467 e. The van der Waals surface area contributed by atoms with Crippen LogP contribution in [0.5, 0.6) is 5.75 Å². The Hall–Kier alpha value is -1.94. The maximum atomic E-state index is 13.9. The second kappa shape index (κ2) is 11.5. The summed E-state index contributed by atoms with van der Waals surface area (Å²) in [6.45, 7) is 7.32. The van der Waals surface area contributed by atoms with Crippen LogP contribution in [0.4, 0.5) is 8.78 Å². The molecule has 1 unspecified atom stereocenters. The van der Waals surface area contributed by atoms with E-state index >= 15 is 0 Å². The Kier molecular flexibility index (Phi) is 9.29. The third-order valence-corrected chi connectivity index (χ3v) is 4.80. The number of benzene rings is 2. The van der Waals surface area contributed by atoms with E-state index in [4.69, 9.17) is 9.47 Å². The number of ether oxygens (including phenoxy) is 2. The van der Waals surface area contributed by atoms with E-state index in [1.54, 1.807) is 13.0 Å². The van der Waals surface area contributed by atoms with Crippen LogP contribution in [0.15, 0.2) is 35.3 Å². The lowest BCUT2D eigenvalue weighted by Gasteiger charge is -2.21. The fourth-order valence-electron chi connectivity index (χ4n) is 3.22. The van der Waals surface area contributed by atoms with E-state index in [1.807, 2.05) is 19.9 Å². The van der Waals surface area contributed by atoms with Gasteiger partial charge >= 0.3 is 0 Å². The van der Waals surface area contributed by atoms with Gasteiger partial charge in [-0.05, 0) is 62.1 Å². The Balaban J connectivity index is 0.00000320. The summed E-state index contributed by atoms with van der Waals surface area (Å²) in [5, 5.41) is 6.48. The van der Waals surface area contributed by atoms with Crippen molar-refractivity contribution in [3.63, 3.8) is 0 Å². The van der Waals surface area contributed by atoms with Crippen molar-refractivity contribution in [3.8, 4) is 5.75 Å². The van der Waals surface area contributed by atoms with Gasteiger partial charge in [0, 0.05) is 18.7 Å². The highest BCUT2D eigenvalue weighted by Crippen LogP contribution is 2.29. The van der Waals surface area contributed by atoms with Gasteiger partial charge in [-0.25, -0.2) is 8.78 Å². The summed E-state index contributed by atoms with van der Waals surface area (Å²) in [6.07, 6.45) is 0.532. The third-order valence-electron chi connectivity index (χ3n) is 4.80. The van der Waals surface area contributed by atoms with Crippen LogP contribution in [0, 0.1) is 18.6 Å². The number of rotatable bonds is 6. The van der Waals surface area contributed by atoms with Crippen molar-refractivity contribution in [2.24, 2.45) is 4.99 Å². The van der Waals surface area contributed by atoms with Gasteiger partial charge in [-0.1, -0.05) is 12.1 Å². The van der Waals surface area contributed by atoms with Crippen molar-refractivity contribution in [1.82, 2.24) is 10.6 Å². The van der Waals surface area contributed by atoms with E-state index in [0.717, 1.165) is 16.7 Å². The van der Waals surface area contributed by atoms with E-state index in [2.05, 4.69) is 15.6 Å². The lowest BCUT2D eigenvalue weighted by molar-refractivity contribution is -0.0172. The number of nitrogens with zero attached hydrogens (tertiary/aromatic N) is 1. The van der Waals surface area contributed by atoms with Gasteiger partial charge in [0.15, 0.2) is 12.8 Å². The van der Waals surface area contributed by atoms with E-state index in [-0.39, 0.29) is 48.4 Å². The number of hydrogen-bond acceptors (Lipinski definition) is 3. The summed E-state index contributed by atoms with van der Waals surface area (Å²) in [6, 6.07) is 8.01. The molecule has 0 saturated heterocycles. The zero-order chi connectivity index (χ0) is 20.8. The minimum Gasteiger partial charge on any atom is -0.467 e. The Morgan fingerprint density at radius 3 is 2.77 bits per heavy atom. The van der Waals surface area contributed by atoms with Gasteiger partial charge in [0.1, 0.15) is 17.4 Å². The van der Waals surface area contributed by atoms with Gasteiger partial charge in [-0.2, -0.15) is 0 Å². The van der Waals surface area contributed by atoms with Crippen LogP contribution in [0.1, 0.15) is 42.1 Å². The van der Waals surface area contributed by atoms with Gasteiger partial charge in [-0.15, -0.1) is 24.0 Å². The average molecular weight is 531 g/mol. The predicted molar refractivity (Wildman–Crippen MR) is 124 cm³/mol. The molecule has 2 N–H and O–H groups in total. The van der Waals surface area contributed by atoms with Crippen LogP contribution in [0.25, 0.3) is 0 Å². The lowest BCUT2D eigenvalue weighted by atomic mass is 10.1. The first-order valence-electron chi connectivity index (χ1n) is 9.80. The summed E-state index contributed by atoms with van der Waals surface area (Å²) in [7, 11) is 0. The summed E-state index contributed by atoms with van der Waals surface area (Å²) in [5.41, 5.74) is 2.95. The van der Waals surface area contributed by atoms with Crippen LogP contribution in [0.3, 0.4) is 0 Å². The van der Waals surface area contributed by atoms with Gasteiger partial charge in [0.25, 0.3) is 0 Å². The zero-order valence-corrected chi connectivity index (χ0v) is 19.8. The molecule has 2 aromatic carbocycles. The quantitative estimate of drug-likeness (QED) is 0.325. The molecule has 5 nitrogen and oxygen atoms in total. The van der Waals surface area contributed by atoms with Crippen molar-refractivity contribution in [1.29, 1.82) is 0 Å². The monoisotopic (exact) mass is 531 g/mol. The molecule has 1 aliphatic heterocycles. The second-order valence-electron chi connectivity index (χ2n) is 7.05. The summed E-state index contributed by atoms with van der Waals surface area (Å²) in [4.78, 5) is 4.58. The lowest BCUT2D eigenvalue weighted by Crippen LogP contribution is -2.39. The van der Waals surface area contributed by atoms with Gasteiger partial charge < -0.3 is 20.1 Å². The average Bonchev–Trinajstić information content (AvgIpc) is 2.70. The minimum atomic E-state index is -0.308. The van der Waals surface area contributed by atoms with Crippen molar-refractivity contribution in [2.75, 3.05) is 19.9 Å². The number of halogens is 3. The number of aliphatic imine (C=N–C) groups is 1. The molecule has 164 valence electrons. The van der Waals surface area contributed by atoms with E-state index in [9.17, 15) is 8.78 Å². The van der Waals surface area contributed by atoms with Crippen molar-refractivity contribution >= 4 is 29.9 Å². The molecule has 1 aliphatic rings. The van der Waals surface area contributed by atoms with Gasteiger partial charge in [-0.3, -0.25) is 4.99 Å². The highest BCUT2D eigenvalue weighted by atomic mass is 127. The first kappa shape index (κ1) is 24.3. The van der Waals surface area contributed by atoms with Crippen molar-refractivity contribution in [3.05, 3.63) is 64.2 Å². The van der Waals surface area contributed by atoms with Crippen LogP contribution in [-0.4, -0.2) is 25.8 Å². The van der Waals surface area contributed by atoms with Gasteiger partial charge in [0.05, 0.1) is 12.6 Å². The number of guanidine groups is 1. The van der Waals surface area contributed by atoms with E-state index in [0.29, 0.717) is 43.4 Å². The standard InChI is InChI=1S/C22H27F2N3O2.HI/c1-4-25-22(27-15(3)16-6-5-14(2)20(24)11-16)26-8-7-17-9-19(23)10-18-12-28-13-29-21(17)18;/h5-6,9-11,15H,4,7-8,12-13H2,1-3H3,(H2,25,26,27);1H. The Bertz CT molecular complexity index is 893. The van der Waals surface area contributed by atoms with Crippen LogP contribution < -0.4 is 15.4 Å². The molecule has 1 heterocycles. The molecule has 0 aliphatic carbocycles. The Morgan fingerprint density at radius 1 is 1.23 bits per heavy atom. The van der Waals surface area contributed by atoms with Crippen molar-refractivity contribution < 1.29 is 18.3 Å². The SMILES string of the molecule is CCNC(=NCCc1cc(F)cc2c1OCOC2)NC(C)c1ccc(C)c(F)c1.I. The Morgan fingerprint density at radius 2 is 2.03 bits per heavy atom. The molecule has 1 atom stereocenters. The molecular weight excluding hydrogens is 503 g/mol. The molecular formula is C22H28F2IN3O2. The summed E-state index contributed by atoms with van der Waals surface area (Å²) in [5.74, 6) is 0.777. The zero-order valence-electron chi connectivity index (χ0n) is 17.4. The van der Waals surface area contributed by atoms with Crippen LogP contribution in [0.2, 0.25) is 0 Å². The normalized spacial score (nSPS) is 14.2. The maximum absolute atomic E-state index is 13.9. The first-order chi connectivity index (χ1) is 14.0. The number of hydrogen-bond donors (Lipinski definition) is 2. The maximum Gasteiger partial charge on any atom is 0.191 e.